The SMILES string of the molecule is CCC[C@@]1(CO)CN(Cc2cn(C)nc2-c2ccccc2)CC[C@@H]1O. The van der Waals surface area contributed by atoms with E-state index < -0.39 is 11.5 Å². The van der Waals surface area contributed by atoms with E-state index in [1.54, 1.807) is 0 Å². The lowest BCUT2D eigenvalue weighted by Crippen LogP contribution is -2.53. The molecule has 0 bridgehead atoms. The summed E-state index contributed by atoms with van der Waals surface area (Å²) in [4.78, 5) is 2.35. The number of hydrogen-bond donors (Lipinski definition) is 2. The van der Waals surface area contributed by atoms with Gasteiger partial charge in [0.25, 0.3) is 0 Å². The minimum atomic E-state index is -0.420. The van der Waals surface area contributed by atoms with Gasteiger partial charge in [-0.3, -0.25) is 9.58 Å². The molecule has 1 aromatic carbocycles. The highest BCUT2D eigenvalue weighted by atomic mass is 16.3. The number of nitrogens with zero attached hydrogens (tertiary/aromatic N) is 3. The Bertz CT molecular complexity index is 686. The lowest BCUT2D eigenvalue weighted by Gasteiger charge is -2.45. The Morgan fingerprint density at radius 3 is 2.72 bits per heavy atom. The Kier molecular flexibility index (Phi) is 5.57. The Balaban J connectivity index is 1.81. The molecule has 0 spiro atoms. The van der Waals surface area contributed by atoms with Crippen LogP contribution in [0.15, 0.2) is 36.5 Å². The quantitative estimate of drug-likeness (QED) is 0.846. The number of likely N-dealkylation sites (tertiary alicyclic amines) is 1. The Labute approximate surface area is 149 Å². The zero-order chi connectivity index (χ0) is 17.9. The Morgan fingerprint density at radius 2 is 2.04 bits per heavy atom. The van der Waals surface area contributed by atoms with Crippen LogP contribution in [0.2, 0.25) is 0 Å². The molecule has 5 nitrogen and oxygen atoms in total. The topological polar surface area (TPSA) is 61.5 Å². The van der Waals surface area contributed by atoms with E-state index >= 15 is 0 Å². The van der Waals surface area contributed by atoms with Crippen LogP contribution in [0.4, 0.5) is 0 Å². The van der Waals surface area contributed by atoms with Crippen molar-refractivity contribution in [2.24, 2.45) is 12.5 Å². The fourth-order valence-corrected chi connectivity index (χ4v) is 4.09. The molecule has 5 heteroatoms. The highest BCUT2D eigenvalue weighted by Gasteiger charge is 2.41. The van der Waals surface area contributed by atoms with Crippen molar-refractivity contribution >= 4 is 0 Å². The smallest absolute Gasteiger partial charge is 0.0968 e. The number of hydrogen-bond acceptors (Lipinski definition) is 4. The fourth-order valence-electron chi connectivity index (χ4n) is 4.09. The molecule has 1 aromatic heterocycles. The molecule has 136 valence electrons. The molecule has 0 unspecified atom stereocenters. The molecule has 2 atom stereocenters. The molecule has 2 N–H and O–H groups in total. The van der Waals surface area contributed by atoms with Gasteiger partial charge in [0, 0.05) is 49.4 Å². The number of benzene rings is 1. The Morgan fingerprint density at radius 1 is 1.28 bits per heavy atom. The number of aryl methyl sites for hydroxylation is 1. The number of aromatic nitrogens is 2. The van der Waals surface area contributed by atoms with Gasteiger partial charge in [-0.15, -0.1) is 0 Å². The third-order valence-electron chi connectivity index (χ3n) is 5.37. The summed E-state index contributed by atoms with van der Waals surface area (Å²) in [6.45, 7) is 4.50. The van der Waals surface area contributed by atoms with Gasteiger partial charge in [0.15, 0.2) is 0 Å². The standard InChI is InChI=1S/C20H29N3O2/c1-3-10-20(15-24)14-23(11-9-18(20)25)13-17-12-22(2)21-19(17)16-7-5-4-6-8-16/h4-8,12,18,24-25H,3,9-11,13-15H2,1-2H3/t18-,20-/m0/s1. The minimum absolute atomic E-state index is 0.0388. The van der Waals surface area contributed by atoms with E-state index in [9.17, 15) is 10.2 Å². The first-order valence-electron chi connectivity index (χ1n) is 9.17. The molecule has 2 aromatic rings. The maximum atomic E-state index is 10.5. The van der Waals surface area contributed by atoms with Gasteiger partial charge in [0.2, 0.25) is 0 Å². The van der Waals surface area contributed by atoms with Crippen LogP contribution in [0.5, 0.6) is 0 Å². The van der Waals surface area contributed by atoms with Crippen LogP contribution in [0, 0.1) is 5.41 Å². The fraction of sp³-hybridized carbons (Fsp3) is 0.550. The lowest BCUT2D eigenvalue weighted by atomic mass is 9.74. The maximum Gasteiger partial charge on any atom is 0.0968 e. The first kappa shape index (κ1) is 18.1. The molecule has 25 heavy (non-hydrogen) atoms. The van der Waals surface area contributed by atoms with Crippen LogP contribution in [-0.4, -0.2) is 50.7 Å². The van der Waals surface area contributed by atoms with Crippen LogP contribution in [0.1, 0.15) is 31.7 Å². The van der Waals surface area contributed by atoms with Crippen molar-refractivity contribution in [3.8, 4) is 11.3 Å². The van der Waals surface area contributed by atoms with Gasteiger partial charge in [-0.1, -0.05) is 43.7 Å². The zero-order valence-electron chi connectivity index (χ0n) is 15.2. The largest absolute Gasteiger partial charge is 0.396 e. The normalized spacial score (nSPS) is 24.6. The second-order valence-corrected chi connectivity index (χ2v) is 7.33. The van der Waals surface area contributed by atoms with Gasteiger partial charge in [0.05, 0.1) is 18.4 Å². The third kappa shape index (κ3) is 3.78. The van der Waals surface area contributed by atoms with Gasteiger partial charge in [-0.25, -0.2) is 0 Å². The van der Waals surface area contributed by atoms with Crippen molar-refractivity contribution in [1.29, 1.82) is 0 Å². The molecule has 3 rings (SSSR count). The highest BCUT2D eigenvalue weighted by molar-refractivity contribution is 5.62. The van der Waals surface area contributed by atoms with Gasteiger partial charge in [0.1, 0.15) is 0 Å². The monoisotopic (exact) mass is 343 g/mol. The molecule has 1 fully saturated rings. The maximum absolute atomic E-state index is 10.5. The van der Waals surface area contributed by atoms with Gasteiger partial charge in [-0.05, 0) is 12.8 Å². The summed E-state index contributed by atoms with van der Waals surface area (Å²) in [6.07, 6.45) is 4.18. The summed E-state index contributed by atoms with van der Waals surface area (Å²) < 4.78 is 1.86. The average Bonchev–Trinajstić information content (AvgIpc) is 2.99. The molecule has 1 saturated heterocycles. The van der Waals surface area contributed by atoms with E-state index in [0.717, 1.165) is 43.7 Å². The predicted octanol–water partition coefficient (Wildman–Crippen LogP) is 2.43. The number of piperidine rings is 1. The number of aliphatic hydroxyl groups excluding tert-OH is 2. The molecular formula is C20H29N3O2. The van der Waals surface area contributed by atoms with Crippen LogP contribution in [-0.2, 0) is 13.6 Å². The summed E-state index contributed by atoms with van der Waals surface area (Å²) in [7, 11) is 1.95. The second-order valence-electron chi connectivity index (χ2n) is 7.33. The summed E-state index contributed by atoms with van der Waals surface area (Å²) in [6, 6.07) is 10.2. The average molecular weight is 343 g/mol. The zero-order valence-corrected chi connectivity index (χ0v) is 15.2. The van der Waals surface area contributed by atoms with Crippen molar-refractivity contribution < 1.29 is 10.2 Å². The Hall–Kier alpha value is -1.69. The molecular weight excluding hydrogens is 314 g/mol. The molecule has 1 aliphatic heterocycles. The third-order valence-corrected chi connectivity index (χ3v) is 5.37. The summed E-state index contributed by atoms with van der Waals surface area (Å²) >= 11 is 0. The van der Waals surface area contributed by atoms with E-state index in [2.05, 4.69) is 35.3 Å². The summed E-state index contributed by atoms with van der Waals surface area (Å²) in [5.74, 6) is 0. The summed E-state index contributed by atoms with van der Waals surface area (Å²) in [5.41, 5.74) is 2.92. The molecule has 0 saturated carbocycles. The van der Waals surface area contributed by atoms with E-state index in [0.29, 0.717) is 6.42 Å². The van der Waals surface area contributed by atoms with Crippen molar-refractivity contribution in [2.45, 2.75) is 38.8 Å². The van der Waals surface area contributed by atoms with Gasteiger partial charge < -0.3 is 10.2 Å². The lowest BCUT2D eigenvalue weighted by molar-refractivity contribution is -0.0819. The van der Waals surface area contributed by atoms with E-state index in [1.165, 1.54) is 5.56 Å². The van der Waals surface area contributed by atoms with Gasteiger partial charge >= 0.3 is 0 Å². The summed E-state index contributed by atoms with van der Waals surface area (Å²) in [5, 5.41) is 25.1. The molecule has 1 aliphatic rings. The van der Waals surface area contributed by atoms with Crippen molar-refractivity contribution in [2.75, 3.05) is 19.7 Å². The van der Waals surface area contributed by atoms with Gasteiger partial charge in [-0.2, -0.15) is 5.10 Å². The van der Waals surface area contributed by atoms with Crippen molar-refractivity contribution in [3.05, 3.63) is 42.1 Å². The van der Waals surface area contributed by atoms with Crippen molar-refractivity contribution in [3.63, 3.8) is 0 Å². The van der Waals surface area contributed by atoms with Crippen LogP contribution in [0.3, 0.4) is 0 Å². The van der Waals surface area contributed by atoms with E-state index in [4.69, 9.17) is 0 Å². The molecule has 0 radical (unpaired) electrons. The second kappa shape index (κ2) is 7.68. The van der Waals surface area contributed by atoms with Crippen molar-refractivity contribution in [1.82, 2.24) is 14.7 Å². The predicted molar refractivity (Wildman–Crippen MR) is 99.0 cm³/mol. The minimum Gasteiger partial charge on any atom is -0.396 e. The van der Waals surface area contributed by atoms with Crippen LogP contribution >= 0.6 is 0 Å². The first-order chi connectivity index (χ1) is 12.1. The highest BCUT2D eigenvalue weighted by Crippen LogP contribution is 2.35. The number of aliphatic hydroxyl groups is 2. The molecule has 2 heterocycles. The first-order valence-corrected chi connectivity index (χ1v) is 9.17. The van der Waals surface area contributed by atoms with E-state index in [-0.39, 0.29) is 6.61 Å². The van der Waals surface area contributed by atoms with Crippen LogP contribution in [0.25, 0.3) is 11.3 Å². The number of rotatable bonds is 6. The van der Waals surface area contributed by atoms with Crippen LogP contribution < -0.4 is 0 Å². The molecule has 0 aliphatic carbocycles. The van der Waals surface area contributed by atoms with E-state index in [1.807, 2.05) is 29.9 Å². The molecule has 0 amide bonds.